The number of benzene rings is 2. The lowest BCUT2D eigenvalue weighted by molar-refractivity contribution is 0.0733. The van der Waals surface area contributed by atoms with E-state index in [-0.39, 0.29) is 18.6 Å². The third-order valence-corrected chi connectivity index (χ3v) is 8.22. The summed E-state index contributed by atoms with van der Waals surface area (Å²) in [5.74, 6) is 3.05. The van der Waals surface area contributed by atoms with Gasteiger partial charge < -0.3 is 39.0 Å². The van der Waals surface area contributed by atoms with Gasteiger partial charge in [0.05, 0.1) is 69.7 Å². The van der Waals surface area contributed by atoms with Gasteiger partial charge in [-0.2, -0.15) is 10.2 Å². The molecule has 2 aliphatic rings. The van der Waals surface area contributed by atoms with Crippen molar-refractivity contribution in [1.82, 2.24) is 24.4 Å². The number of carbonyl (C=O) groups excluding carboxylic acids is 1. The Balaban J connectivity index is 1.30. The number of fused-ring (bicyclic) bond motifs is 1. The van der Waals surface area contributed by atoms with Crippen LogP contribution >= 0.6 is 0 Å². The normalized spacial score (nSPS) is 15.8. The average molecular weight is 611 g/mol. The fourth-order valence-electron chi connectivity index (χ4n) is 5.90. The predicted octanol–water partition coefficient (Wildman–Crippen LogP) is 3.46. The van der Waals surface area contributed by atoms with Crippen LogP contribution in [0.5, 0.6) is 17.2 Å². The van der Waals surface area contributed by atoms with E-state index in [1.807, 2.05) is 22.9 Å². The van der Waals surface area contributed by atoms with E-state index in [1.165, 1.54) is 0 Å². The van der Waals surface area contributed by atoms with E-state index in [1.54, 1.807) is 56.8 Å². The van der Waals surface area contributed by atoms with E-state index in [4.69, 9.17) is 29.4 Å². The summed E-state index contributed by atoms with van der Waals surface area (Å²) < 4.78 is 18.3. The van der Waals surface area contributed by atoms with E-state index in [0.717, 1.165) is 36.3 Å². The quantitative estimate of drug-likeness (QED) is 0.287. The van der Waals surface area contributed by atoms with Crippen molar-refractivity contribution in [2.45, 2.75) is 31.8 Å². The summed E-state index contributed by atoms with van der Waals surface area (Å²) in [6.45, 7) is 1.58. The molecule has 13 heteroatoms. The summed E-state index contributed by atoms with van der Waals surface area (Å²) in [5.41, 5.74) is 3.50. The van der Waals surface area contributed by atoms with Gasteiger partial charge in [0.25, 0.3) is 5.91 Å². The van der Waals surface area contributed by atoms with Crippen LogP contribution in [0.4, 0.5) is 17.6 Å². The third-order valence-electron chi connectivity index (χ3n) is 8.22. The molecule has 2 N–H and O–H groups in total. The highest BCUT2D eigenvalue weighted by Gasteiger charge is 2.32. The van der Waals surface area contributed by atoms with Crippen LogP contribution in [0.3, 0.4) is 0 Å². The first-order valence-electron chi connectivity index (χ1n) is 14.6. The molecule has 4 aromatic rings. The number of ether oxygens (including phenoxy) is 3. The first kappa shape index (κ1) is 29.7. The number of amides is 1. The number of nitrogens with one attached hydrogen (secondary N) is 1. The standard InChI is InChI=1S/C32H34N8O5/c1-43-26-13-23(14-27(44-2)29(26)45-3)39-17-28(34-19-39)36-32-35-25-10-12-38(31(42)21-8-6-20(15-33)7-9-21)16-24(25)30(37-32)40-11-4-5-22(40)18-41/h6-9,13-14,17,19,22,41H,4-5,10-12,16,18H2,1-3H3,(H,35,36,37). The van der Waals surface area contributed by atoms with Crippen molar-refractivity contribution >= 4 is 23.5 Å². The van der Waals surface area contributed by atoms with Crippen LogP contribution in [-0.4, -0.2) is 82.5 Å². The largest absolute Gasteiger partial charge is 0.493 e. The monoisotopic (exact) mass is 610 g/mol. The van der Waals surface area contributed by atoms with Gasteiger partial charge in [0.2, 0.25) is 11.7 Å². The highest BCUT2D eigenvalue weighted by molar-refractivity contribution is 5.94. The topological polar surface area (TPSA) is 151 Å². The van der Waals surface area contributed by atoms with Gasteiger partial charge in [-0.25, -0.2) is 9.97 Å². The Morgan fingerprint density at radius 2 is 1.84 bits per heavy atom. The number of nitrogens with zero attached hydrogens (tertiary/aromatic N) is 7. The fraction of sp³-hybridized carbons (Fsp3) is 0.344. The van der Waals surface area contributed by atoms with Gasteiger partial charge in [-0.3, -0.25) is 4.79 Å². The lowest BCUT2D eigenvalue weighted by Crippen LogP contribution is -2.39. The molecule has 1 fully saturated rings. The molecule has 45 heavy (non-hydrogen) atoms. The highest BCUT2D eigenvalue weighted by atomic mass is 16.5. The molecule has 2 aliphatic heterocycles. The molecule has 1 atom stereocenters. The molecular weight excluding hydrogens is 576 g/mol. The van der Waals surface area contributed by atoms with E-state index < -0.39 is 0 Å². The fourth-order valence-corrected chi connectivity index (χ4v) is 5.90. The van der Waals surface area contributed by atoms with Crippen LogP contribution < -0.4 is 24.4 Å². The Bertz CT molecular complexity index is 1720. The number of hydrogen-bond donors (Lipinski definition) is 2. The summed E-state index contributed by atoms with van der Waals surface area (Å²) in [4.78, 5) is 31.6. The van der Waals surface area contributed by atoms with Gasteiger partial charge in [-0.05, 0) is 37.1 Å². The second-order valence-corrected chi connectivity index (χ2v) is 10.8. The summed E-state index contributed by atoms with van der Waals surface area (Å²) >= 11 is 0. The Hall–Kier alpha value is -5.35. The number of aliphatic hydroxyl groups excluding tert-OH is 1. The number of hydrogen-bond acceptors (Lipinski definition) is 11. The number of aliphatic hydroxyl groups is 1. The number of anilines is 3. The van der Waals surface area contributed by atoms with E-state index in [0.29, 0.717) is 65.5 Å². The van der Waals surface area contributed by atoms with Crippen molar-refractivity contribution in [3.8, 4) is 29.0 Å². The Kier molecular flexibility index (Phi) is 8.39. The molecule has 0 spiro atoms. The average Bonchev–Trinajstić information content (AvgIpc) is 3.76. The molecule has 4 heterocycles. The van der Waals surface area contributed by atoms with Gasteiger partial charge in [0.1, 0.15) is 12.1 Å². The highest BCUT2D eigenvalue weighted by Crippen LogP contribution is 2.39. The van der Waals surface area contributed by atoms with E-state index in [2.05, 4.69) is 21.3 Å². The van der Waals surface area contributed by atoms with Gasteiger partial charge >= 0.3 is 0 Å². The third kappa shape index (κ3) is 5.80. The smallest absolute Gasteiger partial charge is 0.254 e. The maximum absolute atomic E-state index is 13.4. The number of nitriles is 1. The molecule has 2 aromatic heterocycles. The zero-order valence-electron chi connectivity index (χ0n) is 25.4. The van der Waals surface area contributed by atoms with Crippen molar-refractivity contribution in [1.29, 1.82) is 5.26 Å². The number of aromatic nitrogens is 4. The minimum Gasteiger partial charge on any atom is -0.493 e. The van der Waals surface area contributed by atoms with Gasteiger partial charge in [-0.15, -0.1) is 0 Å². The Labute approximate surface area is 260 Å². The van der Waals surface area contributed by atoms with Crippen LogP contribution in [0.2, 0.25) is 0 Å². The molecule has 0 bridgehead atoms. The number of imidazole rings is 1. The second-order valence-electron chi connectivity index (χ2n) is 10.8. The molecular formula is C32H34N8O5. The predicted molar refractivity (Wildman–Crippen MR) is 166 cm³/mol. The van der Waals surface area contributed by atoms with E-state index in [9.17, 15) is 9.90 Å². The number of methoxy groups -OCH3 is 3. The Morgan fingerprint density at radius 3 is 2.51 bits per heavy atom. The van der Waals surface area contributed by atoms with Crippen LogP contribution in [0.1, 0.15) is 40.0 Å². The second kappa shape index (κ2) is 12.7. The maximum atomic E-state index is 13.4. The maximum Gasteiger partial charge on any atom is 0.254 e. The summed E-state index contributed by atoms with van der Waals surface area (Å²) in [5, 5.41) is 22.5. The van der Waals surface area contributed by atoms with Crippen LogP contribution in [0.15, 0.2) is 48.9 Å². The van der Waals surface area contributed by atoms with Crippen molar-refractivity contribution < 1.29 is 24.1 Å². The summed E-state index contributed by atoms with van der Waals surface area (Å²) in [7, 11) is 4.69. The molecule has 0 saturated carbocycles. The first-order chi connectivity index (χ1) is 22.0. The van der Waals surface area contributed by atoms with Crippen molar-refractivity contribution in [2.24, 2.45) is 0 Å². The van der Waals surface area contributed by atoms with Crippen molar-refractivity contribution in [3.63, 3.8) is 0 Å². The lowest BCUT2D eigenvalue weighted by Gasteiger charge is -2.33. The first-order valence-corrected chi connectivity index (χ1v) is 14.6. The molecule has 1 unspecified atom stereocenters. The Morgan fingerprint density at radius 1 is 1.09 bits per heavy atom. The van der Waals surface area contributed by atoms with Gasteiger partial charge in [-0.1, -0.05) is 0 Å². The van der Waals surface area contributed by atoms with Crippen LogP contribution in [0, 0.1) is 11.3 Å². The number of carbonyl (C=O) groups is 1. The minimum atomic E-state index is -0.115. The SMILES string of the molecule is COc1cc(-n2cnc(Nc3nc4c(c(N5CCCC5CO)n3)CN(C(=O)c3ccc(C#N)cc3)CC4)c2)cc(OC)c1OC. The molecule has 0 aliphatic carbocycles. The molecule has 1 saturated heterocycles. The molecule has 13 nitrogen and oxygen atoms in total. The molecule has 1 amide bonds. The molecule has 232 valence electrons. The van der Waals surface area contributed by atoms with Crippen LogP contribution in [-0.2, 0) is 13.0 Å². The molecule has 2 aromatic carbocycles. The zero-order valence-corrected chi connectivity index (χ0v) is 25.4. The minimum absolute atomic E-state index is 0.00855. The summed E-state index contributed by atoms with van der Waals surface area (Å²) in [6, 6.07) is 12.3. The van der Waals surface area contributed by atoms with Gasteiger partial charge in [0, 0.05) is 42.8 Å². The number of rotatable bonds is 9. The molecule has 6 rings (SSSR count). The zero-order chi connectivity index (χ0) is 31.5. The van der Waals surface area contributed by atoms with Gasteiger partial charge in [0.15, 0.2) is 17.3 Å². The summed E-state index contributed by atoms with van der Waals surface area (Å²) in [6.07, 6.45) is 5.80. The van der Waals surface area contributed by atoms with Crippen molar-refractivity contribution in [3.05, 3.63) is 71.3 Å². The van der Waals surface area contributed by atoms with E-state index >= 15 is 0 Å². The molecule has 0 radical (unpaired) electrons. The van der Waals surface area contributed by atoms with Crippen molar-refractivity contribution in [2.75, 3.05) is 51.2 Å². The lowest BCUT2D eigenvalue weighted by atomic mass is 10.0. The van der Waals surface area contributed by atoms with Crippen LogP contribution in [0.25, 0.3) is 5.69 Å².